The SMILES string of the molecule is COc1ccc(C(=O)NC(=S)Nc2ccc(NC(=O)c3ccccc3Cl)c(OC)c2)cc1Br. The average Bonchev–Trinajstić information content (AvgIpc) is 2.80. The van der Waals surface area contributed by atoms with Gasteiger partial charge >= 0.3 is 0 Å². The van der Waals surface area contributed by atoms with Crippen molar-refractivity contribution in [2.75, 3.05) is 24.9 Å². The standard InChI is InChI=1S/C23H19BrClN3O4S/c1-31-19-10-7-13(11-16(19)24)21(29)28-23(33)26-14-8-9-18(20(12-14)32-2)27-22(30)15-5-3-4-6-17(15)25/h3-12H,1-2H3,(H,27,30)(H2,26,28,29,33). The highest BCUT2D eigenvalue weighted by Gasteiger charge is 2.14. The van der Waals surface area contributed by atoms with E-state index in [1.54, 1.807) is 67.8 Å². The van der Waals surface area contributed by atoms with Crippen molar-refractivity contribution in [3.8, 4) is 11.5 Å². The molecule has 0 aromatic heterocycles. The Bertz CT molecular complexity index is 1220. The molecule has 0 aliphatic carbocycles. The predicted molar refractivity (Wildman–Crippen MR) is 137 cm³/mol. The number of amides is 2. The lowest BCUT2D eigenvalue weighted by molar-refractivity contribution is 0.0976. The Morgan fingerprint density at radius 2 is 1.64 bits per heavy atom. The topological polar surface area (TPSA) is 88.7 Å². The molecule has 2 amide bonds. The first kappa shape index (κ1) is 24.5. The number of hydrogen-bond acceptors (Lipinski definition) is 5. The molecule has 10 heteroatoms. The first-order valence-electron chi connectivity index (χ1n) is 9.52. The molecule has 0 saturated carbocycles. The van der Waals surface area contributed by atoms with Gasteiger partial charge in [-0.3, -0.25) is 14.9 Å². The number of benzene rings is 3. The normalized spacial score (nSPS) is 10.2. The Hall–Kier alpha value is -3.14. The second kappa shape index (κ2) is 11.1. The lowest BCUT2D eigenvalue weighted by atomic mass is 10.2. The van der Waals surface area contributed by atoms with Crippen molar-refractivity contribution in [3.63, 3.8) is 0 Å². The van der Waals surface area contributed by atoms with Crippen molar-refractivity contribution in [1.29, 1.82) is 0 Å². The third kappa shape index (κ3) is 6.22. The van der Waals surface area contributed by atoms with E-state index in [1.165, 1.54) is 7.11 Å². The molecular formula is C23H19BrClN3O4S. The van der Waals surface area contributed by atoms with Gasteiger partial charge in [0.25, 0.3) is 11.8 Å². The van der Waals surface area contributed by atoms with Crippen LogP contribution in [0.3, 0.4) is 0 Å². The number of carbonyl (C=O) groups is 2. The molecule has 0 spiro atoms. The van der Waals surface area contributed by atoms with Crippen LogP contribution in [0.5, 0.6) is 11.5 Å². The van der Waals surface area contributed by atoms with Crippen LogP contribution in [-0.2, 0) is 0 Å². The van der Waals surface area contributed by atoms with Crippen LogP contribution in [0.15, 0.2) is 65.1 Å². The number of anilines is 2. The van der Waals surface area contributed by atoms with E-state index in [0.29, 0.717) is 43.5 Å². The van der Waals surface area contributed by atoms with Gasteiger partial charge in [-0.15, -0.1) is 0 Å². The lowest BCUT2D eigenvalue weighted by Crippen LogP contribution is -2.34. The molecule has 3 aromatic carbocycles. The highest BCUT2D eigenvalue weighted by atomic mass is 79.9. The van der Waals surface area contributed by atoms with E-state index in [1.807, 2.05) is 0 Å². The second-order valence-electron chi connectivity index (χ2n) is 6.61. The van der Waals surface area contributed by atoms with Gasteiger partial charge in [-0.05, 0) is 70.6 Å². The van der Waals surface area contributed by atoms with Crippen molar-refractivity contribution >= 4 is 68.1 Å². The molecule has 170 valence electrons. The quantitative estimate of drug-likeness (QED) is 0.353. The largest absolute Gasteiger partial charge is 0.496 e. The monoisotopic (exact) mass is 547 g/mol. The van der Waals surface area contributed by atoms with Crippen LogP contribution >= 0.6 is 39.7 Å². The number of ether oxygens (including phenoxy) is 2. The fourth-order valence-corrected chi connectivity index (χ4v) is 3.83. The van der Waals surface area contributed by atoms with Gasteiger partial charge in [-0.25, -0.2) is 0 Å². The van der Waals surface area contributed by atoms with Crippen molar-refractivity contribution in [3.05, 3.63) is 81.3 Å². The van der Waals surface area contributed by atoms with Gasteiger partial charge in [-0.1, -0.05) is 23.7 Å². The van der Waals surface area contributed by atoms with Gasteiger partial charge in [0, 0.05) is 17.3 Å². The summed E-state index contributed by atoms with van der Waals surface area (Å²) in [6.45, 7) is 0. The summed E-state index contributed by atoms with van der Waals surface area (Å²) in [5.74, 6) is 0.258. The zero-order valence-corrected chi connectivity index (χ0v) is 20.7. The van der Waals surface area contributed by atoms with Crippen LogP contribution in [0.2, 0.25) is 5.02 Å². The van der Waals surface area contributed by atoms with E-state index in [-0.39, 0.29) is 16.9 Å². The van der Waals surface area contributed by atoms with Gasteiger partial charge in [0.15, 0.2) is 5.11 Å². The molecule has 0 aliphatic rings. The van der Waals surface area contributed by atoms with Crippen LogP contribution < -0.4 is 25.4 Å². The number of halogens is 2. The molecule has 0 heterocycles. The van der Waals surface area contributed by atoms with Gasteiger partial charge < -0.3 is 20.1 Å². The maximum absolute atomic E-state index is 12.5. The number of hydrogen-bond donors (Lipinski definition) is 3. The molecule has 0 saturated heterocycles. The molecule has 3 N–H and O–H groups in total. The average molecular weight is 549 g/mol. The van der Waals surface area contributed by atoms with E-state index >= 15 is 0 Å². The van der Waals surface area contributed by atoms with E-state index < -0.39 is 0 Å². The number of rotatable bonds is 6. The minimum atomic E-state index is -0.383. The van der Waals surface area contributed by atoms with E-state index in [2.05, 4.69) is 31.9 Å². The third-order valence-corrected chi connectivity index (χ3v) is 5.62. The van der Waals surface area contributed by atoms with Gasteiger partial charge in [0.1, 0.15) is 11.5 Å². The van der Waals surface area contributed by atoms with Crippen molar-refractivity contribution in [2.45, 2.75) is 0 Å². The predicted octanol–water partition coefficient (Wildman–Crippen LogP) is 5.50. The fourth-order valence-electron chi connectivity index (χ4n) is 2.85. The number of nitrogens with one attached hydrogen (secondary N) is 3. The summed E-state index contributed by atoms with van der Waals surface area (Å²) < 4.78 is 11.2. The van der Waals surface area contributed by atoms with Crippen LogP contribution in [-0.4, -0.2) is 31.1 Å². The van der Waals surface area contributed by atoms with Gasteiger partial charge in [-0.2, -0.15) is 0 Å². The lowest BCUT2D eigenvalue weighted by Gasteiger charge is -2.14. The minimum absolute atomic E-state index is 0.0989. The summed E-state index contributed by atoms with van der Waals surface area (Å²) in [5, 5.41) is 8.76. The highest BCUT2D eigenvalue weighted by molar-refractivity contribution is 9.10. The van der Waals surface area contributed by atoms with Crippen LogP contribution in [0.4, 0.5) is 11.4 Å². The van der Waals surface area contributed by atoms with Gasteiger partial charge in [0.2, 0.25) is 0 Å². The number of carbonyl (C=O) groups excluding carboxylic acids is 2. The Kier molecular flexibility index (Phi) is 8.26. The van der Waals surface area contributed by atoms with Crippen molar-refractivity contribution in [1.82, 2.24) is 5.32 Å². The molecule has 0 atom stereocenters. The molecule has 33 heavy (non-hydrogen) atoms. The second-order valence-corrected chi connectivity index (χ2v) is 8.28. The molecule has 0 fully saturated rings. The maximum Gasteiger partial charge on any atom is 0.257 e. The van der Waals surface area contributed by atoms with E-state index in [0.717, 1.165) is 0 Å². The summed E-state index contributed by atoms with van der Waals surface area (Å²) in [5.41, 5.74) is 1.76. The van der Waals surface area contributed by atoms with Gasteiger partial charge in [0.05, 0.1) is 35.0 Å². The highest BCUT2D eigenvalue weighted by Crippen LogP contribution is 2.29. The molecule has 3 aromatic rings. The molecule has 0 unspecified atom stereocenters. The number of thiocarbonyl (C=S) groups is 1. The molecule has 0 bridgehead atoms. The number of methoxy groups -OCH3 is 2. The Morgan fingerprint density at radius 3 is 2.30 bits per heavy atom. The van der Waals surface area contributed by atoms with E-state index in [9.17, 15) is 9.59 Å². The summed E-state index contributed by atoms with van der Waals surface area (Å²) in [7, 11) is 3.02. The van der Waals surface area contributed by atoms with Crippen molar-refractivity contribution in [2.24, 2.45) is 0 Å². The summed E-state index contributed by atoms with van der Waals surface area (Å²) in [4.78, 5) is 25.0. The Morgan fingerprint density at radius 1 is 0.909 bits per heavy atom. The molecule has 0 radical (unpaired) electrons. The van der Waals surface area contributed by atoms with Crippen molar-refractivity contribution < 1.29 is 19.1 Å². The fraction of sp³-hybridized carbons (Fsp3) is 0.0870. The first-order chi connectivity index (χ1) is 15.8. The Balaban J connectivity index is 1.67. The molecule has 0 aliphatic heterocycles. The maximum atomic E-state index is 12.5. The summed E-state index contributed by atoms with van der Waals surface area (Å²) in [6, 6.07) is 16.7. The van der Waals surface area contributed by atoms with Crippen LogP contribution in [0.1, 0.15) is 20.7 Å². The smallest absolute Gasteiger partial charge is 0.257 e. The minimum Gasteiger partial charge on any atom is -0.496 e. The van der Waals surface area contributed by atoms with E-state index in [4.69, 9.17) is 33.3 Å². The summed E-state index contributed by atoms with van der Waals surface area (Å²) in [6.07, 6.45) is 0. The zero-order valence-electron chi connectivity index (χ0n) is 17.6. The third-order valence-electron chi connectivity index (χ3n) is 4.47. The molecule has 7 nitrogen and oxygen atoms in total. The van der Waals surface area contributed by atoms with Crippen LogP contribution in [0, 0.1) is 0 Å². The Labute approximate surface area is 209 Å². The molecular weight excluding hydrogens is 530 g/mol. The van der Waals surface area contributed by atoms with Crippen LogP contribution in [0.25, 0.3) is 0 Å². The first-order valence-corrected chi connectivity index (χ1v) is 11.1. The summed E-state index contributed by atoms with van der Waals surface area (Å²) >= 11 is 14.7. The molecule has 3 rings (SSSR count). The zero-order chi connectivity index (χ0) is 24.0.